The second-order valence-corrected chi connectivity index (χ2v) is 5.33. The number of carboxylic acids is 1. The summed E-state index contributed by atoms with van der Waals surface area (Å²) in [6.07, 6.45) is 0. The van der Waals surface area contributed by atoms with Gasteiger partial charge in [0.2, 0.25) is 0 Å². The number of benzene rings is 1. The molecule has 0 spiro atoms. The van der Waals surface area contributed by atoms with E-state index in [1.165, 1.54) is 30.4 Å². The number of aliphatic carboxylic acids is 1. The number of halogens is 1. The van der Waals surface area contributed by atoms with Gasteiger partial charge in [0.05, 0.1) is 10.8 Å². The zero-order valence-electron chi connectivity index (χ0n) is 10.1. The number of carbonyl (C=O) groups is 2. The SMILES string of the molecule is CC(CNC(=O)c1cc2ccc(F)cc2s1)C(=O)O. The zero-order valence-corrected chi connectivity index (χ0v) is 11.0. The van der Waals surface area contributed by atoms with Crippen LogP contribution in [0.5, 0.6) is 0 Å². The number of carboxylic acid groups (broad SMARTS) is 1. The monoisotopic (exact) mass is 281 g/mol. The highest BCUT2D eigenvalue weighted by atomic mass is 32.1. The molecule has 2 rings (SSSR count). The second-order valence-electron chi connectivity index (χ2n) is 4.24. The third kappa shape index (κ3) is 3.08. The minimum absolute atomic E-state index is 0.0662. The molecule has 1 aromatic heterocycles. The van der Waals surface area contributed by atoms with E-state index in [1.54, 1.807) is 12.1 Å². The molecule has 6 heteroatoms. The molecule has 1 atom stereocenters. The fraction of sp³-hybridized carbons (Fsp3) is 0.231. The molecule has 4 nitrogen and oxygen atoms in total. The van der Waals surface area contributed by atoms with Crippen molar-refractivity contribution in [2.24, 2.45) is 5.92 Å². The molecule has 1 aromatic carbocycles. The number of amides is 1. The Hall–Kier alpha value is -1.95. The Morgan fingerprint density at radius 3 is 2.84 bits per heavy atom. The van der Waals surface area contributed by atoms with E-state index in [0.29, 0.717) is 9.58 Å². The summed E-state index contributed by atoms with van der Waals surface area (Å²) in [5.74, 6) is -2.29. The molecule has 0 radical (unpaired) electrons. The Kier molecular flexibility index (Phi) is 3.80. The number of hydrogen-bond acceptors (Lipinski definition) is 3. The largest absolute Gasteiger partial charge is 0.481 e. The highest BCUT2D eigenvalue weighted by molar-refractivity contribution is 7.20. The lowest BCUT2D eigenvalue weighted by atomic mass is 10.2. The molecule has 0 saturated carbocycles. The van der Waals surface area contributed by atoms with Gasteiger partial charge in [-0.25, -0.2) is 4.39 Å². The van der Waals surface area contributed by atoms with E-state index in [1.807, 2.05) is 0 Å². The first-order valence-corrected chi connectivity index (χ1v) is 6.49. The van der Waals surface area contributed by atoms with Gasteiger partial charge in [0.25, 0.3) is 5.91 Å². The van der Waals surface area contributed by atoms with Crippen LogP contribution in [0, 0.1) is 11.7 Å². The van der Waals surface area contributed by atoms with Gasteiger partial charge in [-0.05, 0) is 23.6 Å². The van der Waals surface area contributed by atoms with E-state index >= 15 is 0 Å². The van der Waals surface area contributed by atoms with Gasteiger partial charge in [0, 0.05) is 11.2 Å². The van der Waals surface area contributed by atoms with Crippen LogP contribution in [0.15, 0.2) is 24.3 Å². The van der Waals surface area contributed by atoms with Crippen molar-refractivity contribution in [3.8, 4) is 0 Å². The van der Waals surface area contributed by atoms with Crippen molar-refractivity contribution in [3.63, 3.8) is 0 Å². The molecule has 1 heterocycles. The van der Waals surface area contributed by atoms with Crippen molar-refractivity contribution in [1.82, 2.24) is 5.32 Å². The van der Waals surface area contributed by atoms with Gasteiger partial charge in [-0.3, -0.25) is 9.59 Å². The zero-order chi connectivity index (χ0) is 14.0. The topological polar surface area (TPSA) is 66.4 Å². The number of rotatable bonds is 4. The smallest absolute Gasteiger partial charge is 0.308 e. The Labute approximate surface area is 112 Å². The number of fused-ring (bicyclic) bond motifs is 1. The summed E-state index contributed by atoms with van der Waals surface area (Å²) < 4.78 is 13.7. The van der Waals surface area contributed by atoms with Crippen molar-refractivity contribution in [3.05, 3.63) is 35.0 Å². The van der Waals surface area contributed by atoms with Crippen LogP contribution in [0.4, 0.5) is 4.39 Å². The third-order valence-corrected chi connectivity index (χ3v) is 3.79. The molecule has 0 fully saturated rings. The quantitative estimate of drug-likeness (QED) is 0.904. The Morgan fingerprint density at radius 1 is 1.42 bits per heavy atom. The molecule has 1 unspecified atom stereocenters. The molecule has 1 amide bonds. The van der Waals surface area contributed by atoms with Crippen molar-refractivity contribution in [1.29, 1.82) is 0 Å². The number of thiophene rings is 1. The summed E-state index contributed by atoms with van der Waals surface area (Å²) in [6.45, 7) is 1.58. The maximum Gasteiger partial charge on any atom is 0.308 e. The van der Waals surface area contributed by atoms with Gasteiger partial charge in [0.1, 0.15) is 5.82 Å². The average molecular weight is 281 g/mol. The lowest BCUT2D eigenvalue weighted by Gasteiger charge is -2.06. The molecule has 0 saturated heterocycles. The van der Waals surface area contributed by atoms with Crippen LogP contribution in [0.25, 0.3) is 10.1 Å². The van der Waals surface area contributed by atoms with Crippen LogP contribution < -0.4 is 5.32 Å². The lowest BCUT2D eigenvalue weighted by molar-refractivity contribution is -0.140. The van der Waals surface area contributed by atoms with Crippen LogP contribution in [0.2, 0.25) is 0 Å². The summed E-state index contributed by atoms with van der Waals surface area (Å²) in [4.78, 5) is 22.9. The number of carbonyl (C=O) groups excluding carboxylic acids is 1. The molecule has 0 bridgehead atoms. The van der Waals surface area contributed by atoms with E-state index in [0.717, 1.165) is 5.39 Å². The van der Waals surface area contributed by atoms with Crippen LogP contribution in [-0.4, -0.2) is 23.5 Å². The molecule has 19 heavy (non-hydrogen) atoms. The summed E-state index contributed by atoms with van der Waals surface area (Å²) in [5, 5.41) is 12.1. The molecular weight excluding hydrogens is 269 g/mol. The standard InChI is InChI=1S/C13H12FNO3S/c1-7(13(17)18)6-15-12(16)11-4-8-2-3-9(14)5-10(8)19-11/h2-5,7H,6H2,1H3,(H,15,16)(H,17,18). The van der Waals surface area contributed by atoms with Crippen LogP contribution in [-0.2, 0) is 4.79 Å². The van der Waals surface area contributed by atoms with E-state index in [9.17, 15) is 14.0 Å². The first-order valence-electron chi connectivity index (χ1n) is 5.67. The predicted octanol–water partition coefficient (Wildman–Crippen LogP) is 2.49. The van der Waals surface area contributed by atoms with Gasteiger partial charge < -0.3 is 10.4 Å². The summed E-state index contributed by atoms with van der Waals surface area (Å²) in [7, 11) is 0. The number of nitrogens with one attached hydrogen (secondary N) is 1. The van der Waals surface area contributed by atoms with Crippen molar-refractivity contribution in [2.45, 2.75) is 6.92 Å². The molecule has 2 N–H and O–H groups in total. The third-order valence-electron chi connectivity index (χ3n) is 2.70. The van der Waals surface area contributed by atoms with Crippen molar-refractivity contribution < 1.29 is 19.1 Å². The summed E-state index contributed by atoms with van der Waals surface area (Å²) in [5.41, 5.74) is 0. The van der Waals surface area contributed by atoms with Gasteiger partial charge in [-0.1, -0.05) is 13.0 Å². The number of hydrogen-bond donors (Lipinski definition) is 2. The lowest BCUT2D eigenvalue weighted by Crippen LogP contribution is -2.30. The summed E-state index contributed by atoms with van der Waals surface area (Å²) >= 11 is 1.18. The van der Waals surface area contributed by atoms with Gasteiger partial charge >= 0.3 is 5.97 Å². The fourth-order valence-electron chi connectivity index (χ4n) is 1.54. The molecule has 0 aliphatic heterocycles. The highest BCUT2D eigenvalue weighted by Gasteiger charge is 2.15. The predicted molar refractivity (Wildman–Crippen MR) is 70.9 cm³/mol. The Balaban J connectivity index is 2.11. The maximum atomic E-state index is 13.0. The van der Waals surface area contributed by atoms with E-state index in [2.05, 4.69) is 5.32 Å². The molecule has 0 aliphatic carbocycles. The van der Waals surface area contributed by atoms with Crippen LogP contribution >= 0.6 is 11.3 Å². The van der Waals surface area contributed by atoms with Crippen LogP contribution in [0.3, 0.4) is 0 Å². The minimum atomic E-state index is -0.960. The van der Waals surface area contributed by atoms with E-state index in [4.69, 9.17) is 5.11 Å². The van der Waals surface area contributed by atoms with Crippen LogP contribution in [0.1, 0.15) is 16.6 Å². The fourth-order valence-corrected chi connectivity index (χ4v) is 2.54. The highest BCUT2D eigenvalue weighted by Crippen LogP contribution is 2.26. The van der Waals surface area contributed by atoms with E-state index in [-0.39, 0.29) is 18.3 Å². The Morgan fingerprint density at radius 2 is 2.16 bits per heavy atom. The molecule has 2 aromatic rings. The van der Waals surface area contributed by atoms with Gasteiger partial charge in [0.15, 0.2) is 0 Å². The first kappa shape index (κ1) is 13.5. The van der Waals surface area contributed by atoms with Gasteiger partial charge in [-0.15, -0.1) is 11.3 Å². The summed E-state index contributed by atoms with van der Waals surface area (Å²) in [6, 6.07) is 5.98. The van der Waals surface area contributed by atoms with Gasteiger partial charge in [-0.2, -0.15) is 0 Å². The maximum absolute atomic E-state index is 13.0. The first-order chi connectivity index (χ1) is 8.97. The Bertz CT molecular complexity index is 638. The second kappa shape index (κ2) is 5.36. The van der Waals surface area contributed by atoms with E-state index < -0.39 is 11.9 Å². The molecule has 100 valence electrons. The molecule has 0 aliphatic rings. The normalized spacial score (nSPS) is 12.3. The minimum Gasteiger partial charge on any atom is -0.481 e. The van der Waals surface area contributed by atoms with Crippen molar-refractivity contribution >= 4 is 33.3 Å². The average Bonchev–Trinajstić information content (AvgIpc) is 2.78. The van der Waals surface area contributed by atoms with Crippen molar-refractivity contribution in [2.75, 3.05) is 6.54 Å². The molecular formula is C13H12FNO3S.